The summed E-state index contributed by atoms with van der Waals surface area (Å²) in [5, 5.41) is 1.81. The SMILES string of the molecule is NCc1cc2ccccc2oc1=O.NCc1cc2ccccc2oc1=O. The maximum absolute atomic E-state index is 11.2. The van der Waals surface area contributed by atoms with Crippen molar-refractivity contribution in [2.24, 2.45) is 11.5 Å². The second kappa shape index (κ2) is 7.77. The lowest BCUT2D eigenvalue weighted by molar-refractivity contribution is 0.550. The first-order valence-corrected chi connectivity index (χ1v) is 8.06. The Morgan fingerprint density at radius 3 is 1.42 bits per heavy atom. The zero-order chi connectivity index (χ0) is 18.5. The van der Waals surface area contributed by atoms with E-state index in [0.717, 1.165) is 10.8 Å². The van der Waals surface area contributed by atoms with Crippen LogP contribution in [0.4, 0.5) is 0 Å². The van der Waals surface area contributed by atoms with Crippen molar-refractivity contribution >= 4 is 21.9 Å². The molecule has 132 valence electrons. The highest BCUT2D eigenvalue weighted by Gasteiger charge is 2.02. The fourth-order valence-electron chi connectivity index (χ4n) is 2.49. The van der Waals surface area contributed by atoms with E-state index < -0.39 is 0 Å². The molecule has 2 aromatic heterocycles. The normalized spacial score (nSPS) is 10.5. The zero-order valence-electron chi connectivity index (χ0n) is 14.0. The van der Waals surface area contributed by atoms with Crippen LogP contribution in [0.2, 0.25) is 0 Å². The Kier molecular flexibility index (Phi) is 5.26. The third-order valence-corrected chi connectivity index (χ3v) is 3.87. The molecule has 2 heterocycles. The fraction of sp³-hybridized carbons (Fsp3) is 0.100. The van der Waals surface area contributed by atoms with Crippen molar-refractivity contribution in [1.82, 2.24) is 0 Å². The van der Waals surface area contributed by atoms with Crippen LogP contribution < -0.4 is 22.7 Å². The molecule has 26 heavy (non-hydrogen) atoms. The van der Waals surface area contributed by atoms with E-state index in [2.05, 4.69) is 0 Å². The molecule has 6 heteroatoms. The highest BCUT2D eigenvalue weighted by molar-refractivity contribution is 5.77. The van der Waals surface area contributed by atoms with Crippen LogP contribution in [0, 0.1) is 0 Å². The van der Waals surface area contributed by atoms with Gasteiger partial charge in [0, 0.05) is 23.9 Å². The molecular weight excluding hydrogens is 332 g/mol. The first kappa shape index (κ1) is 17.6. The van der Waals surface area contributed by atoms with E-state index in [0.29, 0.717) is 22.3 Å². The summed E-state index contributed by atoms with van der Waals surface area (Å²) in [7, 11) is 0. The molecule has 2 aromatic carbocycles. The van der Waals surface area contributed by atoms with E-state index in [1.807, 2.05) is 36.4 Å². The molecule has 0 aliphatic heterocycles. The number of para-hydroxylation sites is 2. The molecule has 4 aromatic rings. The van der Waals surface area contributed by atoms with E-state index in [1.165, 1.54) is 0 Å². The summed E-state index contributed by atoms with van der Waals surface area (Å²) in [5.74, 6) is 0. The molecule has 4 N–H and O–H groups in total. The summed E-state index contributed by atoms with van der Waals surface area (Å²) in [4.78, 5) is 22.4. The Balaban J connectivity index is 0.000000151. The van der Waals surface area contributed by atoms with Crippen LogP contribution in [0.3, 0.4) is 0 Å². The van der Waals surface area contributed by atoms with E-state index >= 15 is 0 Å². The highest BCUT2D eigenvalue weighted by atomic mass is 16.4. The molecule has 0 unspecified atom stereocenters. The summed E-state index contributed by atoms with van der Waals surface area (Å²) in [6, 6.07) is 18.3. The van der Waals surface area contributed by atoms with Crippen molar-refractivity contribution in [3.8, 4) is 0 Å². The first-order valence-electron chi connectivity index (χ1n) is 8.06. The van der Waals surface area contributed by atoms with Crippen molar-refractivity contribution in [3.05, 3.63) is 92.6 Å². The average molecular weight is 350 g/mol. The minimum absolute atomic E-state index is 0.215. The number of rotatable bonds is 2. The Hall–Kier alpha value is -3.22. The van der Waals surface area contributed by atoms with E-state index in [9.17, 15) is 9.59 Å². The number of hydrogen-bond acceptors (Lipinski definition) is 6. The molecule has 0 radical (unpaired) electrons. The van der Waals surface area contributed by atoms with Gasteiger partial charge >= 0.3 is 11.3 Å². The minimum Gasteiger partial charge on any atom is -0.422 e. The first-order chi connectivity index (χ1) is 12.6. The smallest absolute Gasteiger partial charge is 0.340 e. The summed E-state index contributed by atoms with van der Waals surface area (Å²) in [6.07, 6.45) is 0. The molecule has 0 aliphatic carbocycles. The highest BCUT2D eigenvalue weighted by Crippen LogP contribution is 2.12. The maximum atomic E-state index is 11.2. The van der Waals surface area contributed by atoms with Crippen LogP contribution in [0.15, 0.2) is 79.1 Å². The van der Waals surface area contributed by atoms with Gasteiger partial charge in [0.1, 0.15) is 11.2 Å². The van der Waals surface area contributed by atoms with Gasteiger partial charge in [-0.25, -0.2) is 9.59 Å². The van der Waals surface area contributed by atoms with E-state index in [4.69, 9.17) is 20.3 Å². The molecule has 6 nitrogen and oxygen atoms in total. The third-order valence-electron chi connectivity index (χ3n) is 3.87. The molecule has 0 bridgehead atoms. The summed E-state index contributed by atoms with van der Waals surface area (Å²) >= 11 is 0. The summed E-state index contributed by atoms with van der Waals surface area (Å²) in [5.41, 5.74) is 12.3. The number of fused-ring (bicyclic) bond motifs is 2. The van der Waals surface area contributed by atoms with Crippen molar-refractivity contribution in [3.63, 3.8) is 0 Å². The number of nitrogens with two attached hydrogens (primary N) is 2. The Labute approximate surface area is 148 Å². The molecule has 0 amide bonds. The van der Waals surface area contributed by atoms with Crippen LogP contribution >= 0.6 is 0 Å². The predicted molar refractivity (Wildman–Crippen MR) is 101 cm³/mol. The van der Waals surface area contributed by atoms with Crippen LogP contribution in [-0.4, -0.2) is 0 Å². The van der Waals surface area contributed by atoms with Gasteiger partial charge in [0.2, 0.25) is 0 Å². The average Bonchev–Trinajstić information content (AvgIpc) is 2.67. The van der Waals surface area contributed by atoms with Crippen molar-refractivity contribution in [2.75, 3.05) is 0 Å². The molecule has 0 spiro atoms. The van der Waals surface area contributed by atoms with Crippen molar-refractivity contribution < 1.29 is 8.83 Å². The molecule has 0 saturated carbocycles. The van der Waals surface area contributed by atoms with Crippen LogP contribution in [0.5, 0.6) is 0 Å². The van der Waals surface area contributed by atoms with Gasteiger partial charge in [0.05, 0.1) is 11.1 Å². The van der Waals surface area contributed by atoms with Crippen LogP contribution in [-0.2, 0) is 13.1 Å². The van der Waals surface area contributed by atoms with Gasteiger partial charge in [0.15, 0.2) is 0 Å². The van der Waals surface area contributed by atoms with Gasteiger partial charge in [-0.2, -0.15) is 0 Å². The third kappa shape index (κ3) is 3.72. The molecule has 0 atom stereocenters. The minimum atomic E-state index is -0.346. The molecule has 0 aliphatic rings. The quantitative estimate of drug-likeness (QED) is 0.537. The lowest BCUT2D eigenvalue weighted by Crippen LogP contribution is -2.11. The number of benzene rings is 2. The monoisotopic (exact) mass is 350 g/mol. The second-order valence-electron chi connectivity index (χ2n) is 5.60. The largest absolute Gasteiger partial charge is 0.422 e. The molecular formula is C20H18N2O4. The summed E-state index contributed by atoms with van der Waals surface area (Å²) < 4.78 is 10.1. The standard InChI is InChI=1S/2C10H9NO2/c2*11-6-8-5-7-3-1-2-4-9(7)13-10(8)12/h2*1-5H,6,11H2. The molecule has 4 rings (SSSR count). The van der Waals surface area contributed by atoms with Crippen molar-refractivity contribution in [2.45, 2.75) is 13.1 Å². The van der Waals surface area contributed by atoms with Gasteiger partial charge in [-0.05, 0) is 24.3 Å². The van der Waals surface area contributed by atoms with Crippen LogP contribution in [0.1, 0.15) is 11.1 Å². The molecule has 0 fully saturated rings. The topological polar surface area (TPSA) is 112 Å². The van der Waals surface area contributed by atoms with Gasteiger partial charge in [-0.1, -0.05) is 36.4 Å². The van der Waals surface area contributed by atoms with Gasteiger partial charge in [-0.15, -0.1) is 0 Å². The number of hydrogen-bond donors (Lipinski definition) is 2. The van der Waals surface area contributed by atoms with Gasteiger partial charge in [-0.3, -0.25) is 0 Å². The second-order valence-corrected chi connectivity index (χ2v) is 5.60. The Bertz CT molecular complexity index is 1070. The zero-order valence-corrected chi connectivity index (χ0v) is 14.0. The van der Waals surface area contributed by atoms with E-state index in [1.54, 1.807) is 24.3 Å². The van der Waals surface area contributed by atoms with Gasteiger partial charge in [0.25, 0.3) is 0 Å². The Morgan fingerprint density at radius 1 is 0.654 bits per heavy atom. The lowest BCUT2D eigenvalue weighted by atomic mass is 10.2. The lowest BCUT2D eigenvalue weighted by Gasteiger charge is -1.97. The Morgan fingerprint density at radius 2 is 1.04 bits per heavy atom. The maximum Gasteiger partial charge on any atom is 0.340 e. The van der Waals surface area contributed by atoms with Gasteiger partial charge < -0.3 is 20.3 Å². The predicted octanol–water partition coefficient (Wildman–Crippen LogP) is 2.50. The fourth-order valence-corrected chi connectivity index (χ4v) is 2.49. The van der Waals surface area contributed by atoms with Crippen LogP contribution in [0.25, 0.3) is 21.9 Å². The molecule has 0 saturated heterocycles. The van der Waals surface area contributed by atoms with E-state index in [-0.39, 0.29) is 24.3 Å². The summed E-state index contributed by atoms with van der Waals surface area (Å²) in [6.45, 7) is 0.431. The van der Waals surface area contributed by atoms with Crippen molar-refractivity contribution in [1.29, 1.82) is 0 Å².